The molecule has 3 aromatic rings. The second kappa shape index (κ2) is 6.67. The van der Waals surface area contributed by atoms with Crippen molar-refractivity contribution in [2.75, 3.05) is 5.32 Å². The number of nitrogens with one attached hydrogen (secondary N) is 1. The van der Waals surface area contributed by atoms with E-state index in [9.17, 15) is 9.18 Å². The van der Waals surface area contributed by atoms with Gasteiger partial charge in [0, 0.05) is 18.7 Å². The Balaban J connectivity index is 1.52. The molecule has 1 aliphatic rings. The molecule has 0 unspecified atom stereocenters. The highest BCUT2D eigenvalue weighted by atomic mass is 19.1. The van der Waals surface area contributed by atoms with Gasteiger partial charge in [-0.2, -0.15) is 0 Å². The van der Waals surface area contributed by atoms with Crippen molar-refractivity contribution in [1.29, 1.82) is 0 Å². The van der Waals surface area contributed by atoms with E-state index in [0.717, 1.165) is 35.5 Å². The molecular weight excluding hydrogens is 317 g/mol. The van der Waals surface area contributed by atoms with Crippen LogP contribution in [0, 0.1) is 5.82 Å². The average molecular weight is 337 g/mol. The average Bonchev–Trinajstić information content (AvgIpc) is 2.75. The van der Waals surface area contributed by atoms with E-state index < -0.39 is 0 Å². The highest BCUT2D eigenvalue weighted by molar-refractivity contribution is 5.94. The van der Waals surface area contributed by atoms with Crippen LogP contribution in [0.5, 0.6) is 0 Å². The quantitative estimate of drug-likeness (QED) is 0.783. The number of nitrogens with zero attached hydrogens (tertiary/aromatic N) is 2. The van der Waals surface area contributed by atoms with Crippen molar-refractivity contribution in [3.63, 3.8) is 0 Å². The lowest BCUT2D eigenvalue weighted by molar-refractivity contribution is -0.115. The van der Waals surface area contributed by atoms with Gasteiger partial charge in [0.25, 0.3) is 0 Å². The molecule has 0 saturated carbocycles. The van der Waals surface area contributed by atoms with Gasteiger partial charge in [0.05, 0.1) is 17.5 Å². The second-order valence-corrected chi connectivity index (χ2v) is 6.55. The molecule has 0 spiro atoms. The lowest BCUT2D eigenvalue weighted by Gasteiger charge is -2.07. The maximum Gasteiger partial charge on any atom is 0.228 e. The van der Waals surface area contributed by atoms with Gasteiger partial charge in [-0.3, -0.25) is 4.79 Å². The number of carbonyl (C=O) groups is 1. The predicted molar refractivity (Wildman–Crippen MR) is 96.0 cm³/mol. The maximum absolute atomic E-state index is 13.2. The molecule has 5 heteroatoms. The lowest BCUT2D eigenvalue weighted by atomic mass is 10.1. The zero-order valence-corrected chi connectivity index (χ0v) is 14.0. The molecule has 1 aliphatic heterocycles. The fourth-order valence-electron chi connectivity index (χ4n) is 3.47. The zero-order valence-electron chi connectivity index (χ0n) is 14.0. The Bertz CT molecular complexity index is 932. The molecule has 128 valence electrons. The molecule has 0 saturated heterocycles. The molecular formula is C20H20FN3O. The summed E-state index contributed by atoms with van der Waals surface area (Å²) in [7, 11) is 0. The number of anilines is 1. The van der Waals surface area contributed by atoms with Crippen LogP contribution >= 0.6 is 0 Å². The zero-order chi connectivity index (χ0) is 17.2. The van der Waals surface area contributed by atoms with Gasteiger partial charge in [-0.05, 0) is 48.7 Å². The van der Waals surface area contributed by atoms with Crippen LogP contribution < -0.4 is 5.32 Å². The summed E-state index contributed by atoms with van der Waals surface area (Å²) in [6.45, 7) is 1.01. The fourth-order valence-corrected chi connectivity index (χ4v) is 3.47. The minimum atomic E-state index is -0.328. The summed E-state index contributed by atoms with van der Waals surface area (Å²) in [4.78, 5) is 16.9. The number of fused-ring (bicyclic) bond motifs is 3. The summed E-state index contributed by atoms with van der Waals surface area (Å²) in [5.41, 5.74) is 3.43. The van der Waals surface area contributed by atoms with Gasteiger partial charge in [0.1, 0.15) is 11.6 Å². The number of aryl methyl sites for hydroxylation is 2. The highest BCUT2D eigenvalue weighted by Gasteiger charge is 2.14. The van der Waals surface area contributed by atoms with Crippen LogP contribution in [-0.4, -0.2) is 15.5 Å². The summed E-state index contributed by atoms with van der Waals surface area (Å²) in [6.07, 6.45) is 4.77. The van der Waals surface area contributed by atoms with E-state index in [-0.39, 0.29) is 18.1 Å². The van der Waals surface area contributed by atoms with Crippen molar-refractivity contribution in [3.05, 3.63) is 59.7 Å². The number of benzene rings is 2. The Morgan fingerprint density at radius 2 is 2.08 bits per heavy atom. The van der Waals surface area contributed by atoms with Crippen molar-refractivity contribution in [2.45, 2.75) is 38.6 Å². The first-order valence-electron chi connectivity index (χ1n) is 8.72. The van der Waals surface area contributed by atoms with Crippen LogP contribution in [0.2, 0.25) is 0 Å². The van der Waals surface area contributed by atoms with E-state index in [1.807, 2.05) is 18.2 Å². The first kappa shape index (κ1) is 15.8. The van der Waals surface area contributed by atoms with Gasteiger partial charge in [-0.15, -0.1) is 0 Å². The van der Waals surface area contributed by atoms with Crippen molar-refractivity contribution in [2.24, 2.45) is 0 Å². The molecule has 4 nitrogen and oxygen atoms in total. The van der Waals surface area contributed by atoms with E-state index in [1.165, 1.54) is 31.4 Å². The largest absolute Gasteiger partial charge is 0.328 e. The van der Waals surface area contributed by atoms with Crippen molar-refractivity contribution < 1.29 is 9.18 Å². The smallest absolute Gasteiger partial charge is 0.228 e. The monoisotopic (exact) mass is 337 g/mol. The van der Waals surface area contributed by atoms with Gasteiger partial charge in [-0.1, -0.05) is 18.6 Å². The van der Waals surface area contributed by atoms with E-state index >= 15 is 0 Å². The minimum absolute atomic E-state index is 0.148. The standard InChI is InChI=1S/C20H20FN3O/c21-15-6-4-5-14(11-15)12-20(25)22-16-8-9-18-17(13-16)23-19-7-2-1-3-10-24(18)19/h4-6,8-9,11,13H,1-3,7,10,12H2,(H,22,25). The van der Waals surface area contributed by atoms with Gasteiger partial charge < -0.3 is 9.88 Å². The number of hydrogen-bond donors (Lipinski definition) is 1. The lowest BCUT2D eigenvalue weighted by Crippen LogP contribution is -2.14. The third-order valence-electron chi connectivity index (χ3n) is 4.65. The van der Waals surface area contributed by atoms with Crippen molar-refractivity contribution in [3.8, 4) is 0 Å². The van der Waals surface area contributed by atoms with Gasteiger partial charge in [-0.25, -0.2) is 9.37 Å². The number of halogens is 1. The molecule has 0 atom stereocenters. The van der Waals surface area contributed by atoms with E-state index in [2.05, 4.69) is 9.88 Å². The number of amides is 1. The summed E-state index contributed by atoms with van der Waals surface area (Å²) in [6, 6.07) is 12.0. The van der Waals surface area contributed by atoms with Crippen LogP contribution in [0.1, 0.15) is 30.7 Å². The van der Waals surface area contributed by atoms with Crippen LogP contribution in [0.4, 0.5) is 10.1 Å². The Morgan fingerprint density at radius 3 is 2.96 bits per heavy atom. The summed E-state index contributed by atoms with van der Waals surface area (Å²) < 4.78 is 15.5. The first-order chi connectivity index (χ1) is 12.2. The van der Waals surface area contributed by atoms with Crippen LogP contribution in [0.15, 0.2) is 42.5 Å². The highest BCUT2D eigenvalue weighted by Crippen LogP contribution is 2.24. The number of carbonyl (C=O) groups excluding carboxylic acids is 1. The molecule has 4 rings (SSSR count). The molecule has 0 bridgehead atoms. The molecule has 2 heterocycles. The molecule has 1 amide bonds. The fraction of sp³-hybridized carbons (Fsp3) is 0.300. The molecule has 1 N–H and O–H groups in total. The predicted octanol–water partition coefficient (Wildman–Crippen LogP) is 4.08. The van der Waals surface area contributed by atoms with Gasteiger partial charge in [0.15, 0.2) is 0 Å². The SMILES string of the molecule is O=C(Cc1cccc(F)c1)Nc1ccc2c(c1)nc1n2CCCCC1. The molecule has 0 aliphatic carbocycles. The van der Waals surface area contributed by atoms with E-state index in [0.29, 0.717) is 5.56 Å². The Morgan fingerprint density at radius 1 is 1.16 bits per heavy atom. The topological polar surface area (TPSA) is 46.9 Å². The molecule has 0 radical (unpaired) electrons. The van der Waals surface area contributed by atoms with Crippen LogP contribution in [-0.2, 0) is 24.2 Å². The van der Waals surface area contributed by atoms with Crippen molar-refractivity contribution >= 4 is 22.6 Å². The van der Waals surface area contributed by atoms with E-state index in [4.69, 9.17) is 4.98 Å². The number of rotatable bonds is 3. The summed E-state index contributed by atoms with van der Waals surface area (Å²) in [5.74, 6) is 0.646. The van der Waals surface area contributed by atoms with Gasteiger partial charge in [0.2, 0.25) is 5.91 Å². The molecule has 0 fully saturated rings. The minimum Gasteiger partial charge on any atom is -0.328 e. The Hall–Kier alpha value is -2.69. The number of aromatic nitrogens is 2. The summed E-state index contributed by atoms with van der Waals surface area (Å²) in [5, 5.41) is 2.88. The second-order valence-electron chi connectivity index (χ2n) is 6.55. The third-order valence-corrected chi connectivity index (χ3v) is 4.65. The molecule has 25 heavy (non-hydrogen) atoms. The van der Waals surface area contributed by atoms with Gasteiger partial charge >= 0.3 is 0 Å². The normalized spacial score (nSPS) is 14.1. The third kappa shape index (κ3) is 3.40. The Kier molecular flexibility index (Phi) is 4.22. The van der Waals surface area contributed by atoms with Crippen molar-refractivity contribution in [1.82, 2.24) is 9.55 Å². The first-order valence-corrected chi connectivity index (χ1v) is 8.72. The number of hydrogen-bond acceptors (Lipinski definition) is 2. The van der Waals surface area contributed by atoms with Crippen LogP contribution in [0.3, 0.4) is 0 Å². The van der Waals surface area contributed by atoms with E-state index in [1.54, 1.807) is 12.1 Å². The molecule has 1 aromatic heterocycles. The Labute approximate surface area is 145 Å². The number of imidazole rings is 1. The summed E-state index contributed by atoms with van der Waals surface area (Å²) >= 11 is 0. The molecule has 2 aromatic carbocycles. The maximum atomic E-state index is 13.2. The van der Waals surface area contributed by atoms with Crippen LogP contribution in [0.25, 0.3) is 11.0 Å².